The van der Waals surface area contributed by atoms with Crippen molar-refractivity contribution in [2.75, 3.05) is 5.32 Å². The van der Waals surface area contributed by atoms with Gasteiger partial charge in [-0.3, -0.25) is 9.59 Å². The predicted molar refractivity (Wildman–Crippen MR) is 76.1 cm³/mol. The van der Waals surface area contributed by atoms with Crippen LogP contribution >= 0.6 is 0 Å². The van der Waals surface area contributed by atoms with Crippen molar-refractivity contribution >= 4 is 17.7 Å². The third-order valence-electron chi connectivity index (χ3n) is 2.89. The van der Waals surface area contributed by atoms with Gasteiger partial charge in [0.15, 0.2) is 12.4 Å². The summed E-state index contributed by atoms with van der Waals surface area (Å²) >= 11 is 0. The van der Waals surface area contributed by atoms with Crippen molar-refractivity contribution in [3.8, 4) is 0 Å². The molecule has 0 saturated heterocycles. The van der Waals surface area contributed by atoms with Gasteiger partial charge in [0, 0.05) is 5.56 Å². The first kappa shape index (κ1) is 14.7. The summed E-state index contributed by atoms with van der Waals surface area (Å²) < 4.78 is 0. The van der Waals surface area contributed by atoms with Gasteiger partial charge in [-0.15, -0.1) is 5.10 Å². The molecule has 0 atom stereocenters. The van der Waals surface area contributed by atoms with Gasteiger partial charge in [-0.1, -0.05) is 26.0 Å². The molecule has 1 aromatic carbocycles. The van der Waals surface area contributed by atoms with Crippen LogP contribution in [-0.2, 0) is 11.3 Å². The molecule has 1 amide bonds. The van der Waals surface area contributed by atoms with Gasteiger partial charge < -0.3 is 10.4 Å². The summed E-state index contributed by atoms with van der Waals surface area (Å²) in [6, 6.07) is 7.29. The third kappa shape index (κ3) is 3.88. The molecule has 0 unspecified atom stereocenters. The highest BCUT2D eigenvalue weighted by Crippen LogP contribution is 2.15. The number of nitrogens with zero attached hydrogens (tertiary/aromatic N) is 3. The minimum atomic E-state index is -1.05. The van der Waals surface area contributed by atoms with E-state index in [2.05, 4.69) is 29.4 Å². The lowest BCUT2D eigenvalue weighted by molar-refractivity contribution is -0.138. The van der Waals surface area contributed by atoms with E-state index in [1.165, 1.54) is 6.20 Å². The van der Waals surface area contributed by atoms with Crippen LogP contribution in [0.5, 0.6) is 0 Å². The Balaban J connectivity index is 2.03. The second-order valence-corrected chi connectivity index (χ2v) is 4.88. The van der Waals surface area contributed by atoms with Crippen LogP contribution < -0.4 is 5.32 Å². The fraction of sp³-hybridized carbons (Fsp3) is 0.286. The van der Waals surface area contributed by atoms with E-state index in [0.717, 1.165) is 10.4 Å². The second kappa shape index (κ2) is 6.17. The summed E-state index contributed by atoms with van der Waals surface area (Å²) in [5.74, 6) is -0.743. The van der Waals surface area contributed by atoms with E-state index in [4.69, 9.17) is 5.11 Å². The smallest absolute Gasteiger partial charge is 0.327 e. The number of aliphatic carboxylic acids is 1. The summed E-state index contributed by atoms with van der Waals surface area (Å²) in [6.07, 6.45) is 1.31. The molecule has 0 aliphatic carbocycles. The van der Waals surface area contributed by atoms with Crippen LogP contribution in [0.25, 0.3) is 0 Å². The number of benzene rings is 1. The van der Waals surface area contributed by atoms with E-state index in [1.54, 1.807) is 12.1 Å². The first-order chi connectivity index (χ1) is 9.95. The zero-order valence-electron chi connectivity index (χ0n) is 11.8. The van der Waals surface area contributed by atoms with Gasteiger partial charge in [0.05, 0.1) is 6.20 Å². The fourth-order valence-corrected chi connectivity index (χ4v) is 1.76. The molecule has 1 aromatic heterocycles. The number of nitrogens with one attached hydrogen (secondary N) is 1. The molecule has 0 spiro atoms. The number of carbonyl (C=O) groups excluding carboxylic acids is 1. The maximum Gasteiger partial charge on any atom is 0.327 e. The molecule has 0 fully saturated rings. The molecule has 0 aliphatic rings. The maximum atomic E-state index is 12.0. The molecule has 110 valence electrons. The molecule has 21 heavy (non-hydrogen) atoms. The Labute approximate surface area is 121 Å². The summed E-state index contributed by atoms with van der Waals surface area (Å²) in [6.45, 7) is 3.81. The number of hydrogen-bond donors (Lipinski definition) is 2. The minimum Gasteiger partial charge on any atom is -0.480 e. The average molecular weight is 288 g/mol. The van der Waals surface area contributed by atoms with Crippen LogP contribution in [0.1, 0.15) is 35.7 Å². The highest BCUT2D eigenvalue weighted by atomic mass is 16.4. The van der Waals surface area contributed by atoms with Gasteiger partial charge in [0.1, 0.15) is 0 Å². The molecule has 2 N–H and O–H groups in total. The highest BCUT2D eigenvalue weighted by molar-refractivity contribution is 6.03. The minimum absolute atomic E-state index is 0.217. The molecule has 0 radical (unpaired) electrons. The lowest BCUT2D eigenvalue weighted by Gasteiger charge is -2.06. The topological polar surface area (TPSA) is 97.1 Å². The van der Waals surface area contributed by atoms with E-state index in [9.17, 15) is 9.59 Å². The van der Waals surface area contributed by atoms with Crippen molar-refractivity contribution in [1.29, 1.82) is 0 Å². The third-order valence-corrected chi connectivity index (χ3v) is 2.89. The van der Waals surface area contributed by atoms with Gasteiger partial charge in [0.25, 0.3) is 5.91 Å². The number of carboxylic acid groups (broad SMARTS) is 1. The Kier molecular flexibility index (Phi) is 4.32. The number of anilines is 1. The molecular formula is C14H16N4O3. The second-order valence-electron chi connectivity index (χ2n) is 4.88. The summed E-state index contributed by atoms with van der Waals surface area (Å²) in [7, 11) is 0. The highest BCUT2D eigenvalue weighted by Gasteiger charge is 2.10. The van der Waals surface area contributed by atoms with E-state index in [1.807, 2.05) is 12.1 Å². The Morgan fingerprint density at radius 2 is 1.95 bits per heavy atom. The number of carbonyl (C=O) groups is 2. The van der Waals surface area contributed by atoms with Crippen molar-refractivity contribution < 1.29 is 14.7 Å². The summed E-state index contributed by atoms with van der Waals surface area (Å²) in [4.78, 5) is 23.5. The Morgan fingerprint density at radius 1 is 1.29 bits per heavy atom. The van der Waals surface area contributed by atoms with Gasteiger partial charge >= 0.3 is 5.97 Å². The van der Waals surface area contributed by atoms with Gasteiger partial charge in [-0.25, -0.2) is 0 Å². The number of hydrogen-bond acceptors (Lipinski definition) is 4. The van der Waals surface area contributed by atoms with E-state index in [-0.39, 0.29) is 18.3 Å². The molecule has 7 nitrogen and oxygen atoms in total. The normalized spacial score (nSPS) is 10.6. The number of rotatable bonds is 5. The van der Waals surface area contributed by atoms with Crippen LogP contribution in [0.2, 0.25) is 0 Å². The van der Waals surface area contributed by atoms with Crippen molar-refractivity contribution in [2.24, 2.45) is 0 Å². The predicted octanol–water partition coefficient (Wildman–Crippen LogP) is 1.74. The zero-order valence-corrected chi connectivity index (χ0v) is 11.8. The zero-order chi connectivity index (χ0) is 15.4. The van der Waals surface area contributed by atoms with Crippen molar-refractivity contribution in [3.05, 3.63) is 41.6 Å². The van der Waals surface area contributed by atoms with E-state index in [0.29, 0.717) is 11.5 Å². The van der Waals surface area contributed by atoms with Crippen LogP contribution in [0.4, 0.5) is 5.82 Å². The van der Waals surface area contributed by atoms with E-state index < -0.39 is 5.97 Å². The van der Waals surface area contributed by atoms with Gasteiger partial charge in [0.2, 0.25) is 0 Å². The van der Waals surface area contributed by atoms with Crippen LogP contribution in [0.3, 0.4) is 0 Å². The molecule has 7 heteroatoms. The SMILES string of the molecule is CC(C)c1ccc(C(=O)Nc2cnn(CC(=O)O)n2)cc1. The first-order valence-electron chi connectivity index (χ1n) is 6.49. The monoisotopic (exact) mass is 288 g/mol. The molecule has 0 saturated carbocycles. The van der Waals surface area contributed by atoms with Gasteiger partial charge in [-0.05, 0) is 23.6 Å². The first-order valence-corrected chi connectivity index (χ1v) is 6.49. The Bertz CT molecular complexity index is 646. The lowest BCUT2D eigenvalue weighted by Crippen LogP contribution is -2.14. The van der Waals surface area contributed by atoms with E-state index >= 15 is 0 Å². The quantitative estimate of drug-likeness (QED) is 0.873. The maximum absolute atomic E-state index is 12.0. The largest absolute Gasteiger partial charge is 0.480 e. The van der Waals surface area contributed by atoms with Crippen molar-refractivity contribution in [3.63, 3.8) is 0 Å². The lowest BCUT2D eigenvalue weighted by atomic mass is 10.0. The van der Waals surface area contributed by atoms with Crippen molar-refractivity contribution in [1.82, 2.24) is 15.0 Å². The molecule has 0 bridgehead atoms. The average Bonchev–Trinajstić information content (AvgIpc) is 2.85. The fourth-order valence-electron chi connectivity index (χ4n) is 1.76. The molecule has 0 aliphatic heterocycles. The number of aromatic nitrogens is 3. The number of amides is 1. The standard InChI is InChI=1S/C14H16N4O3/c1-9(2)10-3-5-11(6-4-10)14(21)16-12-7-15-18(17-12)8-13(19)20/h3-7,9H,8H2,1-2H3,(H,19,20)(H,16,17,21). The van der Waals surface area contributed by atoms with Crippen LogP contribution in [-0.4, -0.2) is 32.0 Å². The molecule has 2 rings (SSSR count). The molecule has 1 heterocycles. The van der Waals surface area contributed by atoms with Gasteiger partial charge in [-0.2, -0.15) is 9.90 Å². The molecular weight excluding hydrogens is 272 g/mol. The van der Waals surface area contributed by atoms with Crippen LogP contribution in [0.15, 0.2) is 30.5 Å². The Morgan fingerprint density at radius 3 is 2.52 bits per heavy atom. The Hall–Kier alpha value is -2.70. The summed E-state index contributed by atoms with van der Waals surface area (Å²) in [5, 5.41) is 18.8. The van der Waals surface area contributed by atoms with Crippen molar-refractivity contribution in [2.45, 2.75) is 26.3 Å². The summed E-state index contributed by atoms with van der Waals surface area (Å²) in [5.41, 5.74) is 1.66. The number of carboxylic acids is 1. The molecule has 2 aromatic rings. The van der Waals surface area contributed by atoms with Crippen LogP contribution in [0, 0.1) is 0 Å².